The minimum atomic E-state index is -4.39. The van der Waals surface area contributed by atoms with E-state index in [1.54, 1.807) is 0 Å². The van der Waals surface area contributed by atoms with Crippen molar-refractivity contribution in [2.75, 3.05) is 0 Å². The molecule has 7 heteroatoms. The highest BCUT2D eigenvalue weighted by Crippen LogP contribution is 2.32. The molecule has 0 amide bonds. The van der Waals surface area contributed by atoms with E-state index in [-0.39, 0.29) is 0 Å². The largest absolute Gasteiger partial charge is 0.416 e. The van der Waals surface area contributed by atoms with Gasteiger partial charge in [-0.2, -0.15) is 13.2 Å². The molecule has 0 fully saturated rings. The van der Waals surface area contributed by atoms with E-state index in [1.165, 1.54) is 30.3 Å². The highest BCUT2D eigenvalue weighted by molar-refractivity contribution is 9.10. The average molecular weight is 363 g/mol. The smallest absolute Gasteiger partial charge is 0.271 e. The molecule has 0 aromatic heterocycles. The zero-order valence-electron chi connectivity index (χ0n) is 10.6. The van der Waals surface area contributed by atoms with E-state index in [0.29, 0.717) is 15.6 Å². The minimum Gasteiger partial charge on any atom is -0.271 e. The van der Waals surface area contributed by atoms with Gasteiger partial charge in [-0.25, -0.2) is 9.82 Å². The second-order valence-electron chi connectivity index (χ2n) is 4.39. The Hall–Kier alpha value is -1.44. The number of benzene rings is 2. The van der Waals surface area contributed by atoms with Crippen molar-refractivity contribution >= 4 is 15.9 Å². The first-order chi connectivity index (χ1) is 9.82. The van der Waals surface area contributed by atoms with Gasteiger partial charge in [0, 0.05) is 4.47 Å². The molecule has 1 atom stereocenters. The van der Waals surface area contributed by atoms with E-state index >= 15 is 0 Å². The van der Waals surface area contributed by atoms with Crippen LogP contribution in [0.5, 0.6) is 0 Å². The van der Waals surface area contributed by atoms with E-state index in [4.69, 9.17) is 5.84 Å². The van der Waals surface area contributed by atoms with E-state index in [2.05, 4.69) is 21.4 Å². The van der Waals surface area contributed by atoms with Gasteiger partial charge in [0.2, 0.25) is 0 Å². The van der Waals surface area contributed by atoms with E-state index in [9.17, 15) is 17.6 Å². The van der Waals surface area contributed by atoms with Crippen LogP contribution in [0.4, 0.5) is 17.6 Å². The van der Waals surface area contributed by atoms with Gasteiger partial charge in [0.15, 0.2) is 0 Å². The summed E-state index contributed by atoms with van der Waals surface area (Å²) in [7, 11) is 0. The van der Waals surface area contributed by atoms with Crippen LogP contribution in [0.2, 0.25) is 0 Å². The fourth-order valence-corrected chi connectivity index (χ4v) is 2.55. The van der Waals surface area contributed by atoms with Crippen LogP contribution >= 0.6 is 15.9 Å². The molecule has 2 aromatic carbocycles. The molecule has 0 aliphatic rings. The maximum absolute atomic E-state index is 13.1. The number of nitrogens with one attached hydrogen (secondary N) is 1. The van der Waals surface area contributed by atoms with Crippen LogP contribution in [-0.4, -0.2) is 0 Å². The Bertz CT molecular complexity index is 626. The highest BCUT2D eigenvalue weighted by Gasteiger charge is 2.30. The SMILES string of the molecule is NNC(c1ccc(C(F)(F)F)cc1)c1ccc(F)cc1Br. The molecule has 0 spiro atoms. The second kappa shape index (κ2) is 6.13. The van der Waals surface area contributed by atoms with Crippen molar-refractivity contribution in [1.82, 2.24) is 5.43 Å². The van der Waals surface area contributed by atoms with Crippen LogP contribution in [0.25, 0.3) is 0 Å². The van der Waals surface area contributed by atoms with Crippen molar-refractivity contribution in [2.45, 2.75) is 12.2 Å². The summed E-state index contributed by atoms with van der Waals surface area (Å²) in [5.41, 5.74) is 2.95. The second-order valence-corrected chi connectivity index (χ2v) is 5.24. The molecule has 0 saturated heterocycles. The Labute approximate surface area is 127 Å². The third-order valence-electron chi connectivity index (χ3n) is 3.01. The van der Waals surface area contributed by atoms with Crippen molar-refractivity contribution in [2.24, 2.45) is 5.84 Å². The van der Waals surface area contributed by atoms with E-state index in [1.807, 2.05) is 0 Å². The maximum Gasteiger partial charge on any atom is 0.416 e. The van der Waals surface area contributed by atoms with Gasteiger partial charge in [-0.15, -0.1) is 0 Å². The van der Waals surface area contributed by atoms with Gasteiger partial charge in [0.05, 0.1) is 11.6 Å². The predicted octanol–water partition coefficient (Wildman–Crippen LogP) is 4.16. The van der Waals surface area contributed by atoms with Crippen molar-refractivity contribution < 1.29 is 17.6 Å². The summed E-state index contributed by atoms with van der Waals surface area (Å²) in [5, 5.41) is 0. The van der Waals surface area contributed by atoms with Crippen molar-refractivity contribution in [3.8, 4) is 0 Å². The number of hydrogen-bond donors (Lipinski definition) is 2. The molecular weight excluding hydrogens is 352 g/mol. The first-order valence-corrected chi connectivity index (χ1v) is 6.70. The molecule has 112 valence electrons. The summed E-state index contributed by atoms with van der Waals surface area (Å²) in [6.45, 7) is 0. The Morgan fingerprint density at radius 2 is 1.67 bits per heavy atom. The van der Waals surface area contributed by atoms with Gasteiger partial charge >= 0.3 is 6.18 Å². The lowest BCUT2D eigenvalue weighted by molar-refractivity contribution is -0.137. The van der Waals surface area contributed by atoms with Crippen molar-refractivity contribution in [3.05, 3.63) is 69.4 Å². The normalized spacial score (nSPS) is 13.2. The summed E-state index contributed by atoms with van der Waals surface area (Å²) in [6, 6.07) is 8.13. The first kappa shape index (κ1) is 15.9. The molecule has 0 aliphatic carbocycles. The Kier molecular flexibility index (Phi) is 4.65. The Morgan fingerprint density at radius 1 is 1.05 bits per heavy atom. The molecule has 0 heterocycles. The molecule has 0 bridgehead atoms. The summed E-state index contributed by atoms with van der Waals surface area (Å²) in [5.74, 6) is 5.06. The number of nitrogens with two attached hydrogens (primary N) is 1. The van der Waals surface area contributed by atoms with Crippen LogP contribution in [0.3, 0.4) is 0 Å². The summed E-state index contributed by atoms with van der Waals surface area (Å²) >= 11 is 3.22. The molecule has 0 radical (unpaired) electrons. The van der Waals surface area contributed by atoms with Crippen LogP contribution < -0.4 is 11.3 Å². The molecule has 2 aromatic rings. The summed E-state index contributed by atoms with van der Waals surface area (Å²) < 4.78 is 51.2. The zero-order valence-corrected chi connectivity index (χ0v) is 12.2. The highest BCUT2D eigenvalue weighted by atomic mass is 79.9. The van der Waals surface area contributed by atoms with Crippen LogP contribution in [0.15, 0.2) is 46.9 Å². The van der Waals surface area contributed by atoms with Gasteiger partial charge in [0.1, 0.15) is 5.82 Å². The van der Waals surface area contributed by atoms with Crippen molar-refractivity contribution in [3.63, 3.8) is 0 Å². The zero-order chi connectivity index (χ0) is 15.6. The Morgan fingerprint density at radius 3 is 2.14 bits per heavy atom. The first-order valence-electron chi connectivity index (χ1n) is 5.91. The maximum atomic E-state index is 13.1. The predicted molar refractivity (Wildman–Crippen MR) is 74.7 cm³/mol. The molecular formula is C14H11BrF4N2. The third kappa shape index (κ3) is 3.61. The molecule has 21 heavy (non-hydrogen) atoms. The molecule has 2 rings (SSSR count). The fraction of sp³-hybridized carbons (Fsp3) is 0.143. The van der Waals surface area contributed by atoms with Gasteiger partial charge in [-0.3, -0.25) is 5.84 Å². The Balaban J connectivity index is 2.37. The van der Waals surface area contributed by atoms with Gasteiger partial charge in [0.25, 0.3) is 0 Å². The van der Waals surface area contributed by atoms with E-state index < -0.39 is 23.6 Å². The lowest BCUT2D eigenvalue weighted by Crippen LogP contribution is -2.29. The fourth-order valence-electron chi connectivity index (χ4n) is 1.97. The molecule has 3 N–H and O–H groups in total. The van der Waals surface area contributed by atoms with E-state index in [0.717, 1.165) is 12.1 Å². The van der Waals surface area contributed by atoms with Crippen LogP contribution in [0, 0.1) is 5.82 Å². The number of halogens is 5. The number of hydrogen-bond acceptors (Lipinski definition) is 2. The third-order valence-corrected chi connectivity index (χ3v) is 3.70. The summed E-state index contributed by atoms with van der Waals surface area (Å²) in [4.78, 5) is 0. The van der Waals surface area contributed by atoms with Gasteiger partial charge < -0.3 is 0 Å². The number of rotatable bonds is 3. The van der Waals surface area contributed by atoms with Gasteiger partial charge in [-0.05, 0) is 35.4 Å². The molecule has 1 unspecified atom stereocenters. The number of hydrazine groups is 1. The molecule has 0 aliphatic heterocycles. The molecule has 0 saturated carbocycles. The van der Waals surface area contributed by atoms with Gasteiger partial charge in [-0.1, -0.05) is 34.1 Å². The van der Waals surface area contributed by atoms with Crippen LogP contribution in [0.1, 0.15) is 22.7 Å². The minimum absolute atomic E-state index is 0.422. The van der Waals surface area contributed by atoms with Crippen molar-refractivity contribution in [1.29, 1.82) is 0 Å². The number of alkyl halides is 3. The quantitative estimate of drug-likeness (QED) is 0.488. The monoisotopic (exact) mass is 362 g/mol. The summed E-state index contributed by atoms with van der Waals surface area (Å²) in [6.07, 6.45) is -4.39. The van der Waals surface area contributed by atoms with Crippen LogP contribution in [-0.2, 0) is 6.18 Å². The molecule has 2 nitrogen and oxygen atoms in total. The topological polar surface area (TPSA) is 38.0 Å². The average Bonchev–Trinajstić information content (AvgIpc) is 2.41. The lowest BCUT2D eigenvalue weighted by Gasteiger charge is -2.19. The lowest BCUT2D eigenvalue weighted by atomic mass is 9.98. The standard InChI is InChI=1S/C14H11BrF4N2/c15-12-7-10(16)5-6-11(12)13(21-20)8-1-3-9(4-2-8)14(17,18)19/h1-7,13,21H,20H2.